The summed E-state index contributed by atoms with van der Waals surface area (Å²) in [6.45, 7) is 2.41. The number of hydrogen-bond donors (Lipinski definition) is 1. The zero-order valence-corrected chi connectivity index (χ0v) is 11.9. The van der Waals surface area contributed by atoms with Crippen LogP contribution in [0.3, 0.4) is 0 Å². The third kappa shape index (κ3) is 4.35. The van der Waals surface area contributed by atoms with Gasteiger partial charge in [0.25, 0.3) is 0 Å². The minimum absolute atomic E-state index is 0.592. The summed E-state index contributed by atoms with van der Waals surface area (Å²) in [6, 6.07) is 16.4. The zero-order chi connectivity index (χ0) is 13.7. The van der Waals surface area contributed by atoms with E-state index in [-0.39, 0.29) is 0 Å². The van der Waals surface area contributed by atoms with E-state index < -0.39 is 0 Å². The molecule has 100 valence electrons. The van der Waals surface area contributed by atoms with Crippen LogP contribution in [0.15, 0.2) is 48.5 Å². The summed E-state index contributed by atoms with van der Waals surface area (Å²) < 4.78 is 0. The van der Waals surface area contributed by atoms with Crippen molar-refractivity contribution >= 4 is 11.6 Å². The largest absolute Gasteiger partial charge is 0.326 e. The molecule has 2 rings (SSSR count). The normalized spacial score (nSPS) is 10.9. The van der Waals surface area contributed by atoms with Gasteiger partial charge in [0.1, 0.15) is 0 Å². The number of halogens is 1. The highest BCUT2D eigenvalue weighted by molar-refractivity contribution is 6.30. The molecule has 0 bridgehead atoms. The van der Waals surface area contributed by atoms with Crippen LogP contribution in [-0.2, 0) is 19.6 Å². The van der Waals surface area contributed by atoms with Gasteiger partial charge in [0.05, 0.1) is 0 Å². The van der Waals surface area contributed by atoms with Crippen LogP contribution in [0, 0.1) is 0 Å². The fourth-order valence-corrected chi connectivity index (χ4v) is 2.25. The highest BCUT2D eigenvalue weighted by Crippen LogP contribution is 2.13. The van der Waals surface area contributed by atoms with Crippen molar-refractivity contribution in [1.29, 1.82) is 0 Å². The van der Waals surface area contributed by atoms with E-state index in [1.54, 1.807) is 0 Å². The van der Waals surface area contributed by atoms with Gasteiger partial charge in [-0.2, -0.15) is 0 Å². The van der Waals surface area contributed by atoms with Crippen molar-refractivity contribution in [3.05, 3.63) is 70.2 Å². The van der Waals surface area contributed by atoms with Gasteiger partial charge in [-0.25, -0.2) is 0 Å². The lowest BCUT2D eigenvalue weighted by Gasteiger charge is -2.17. The Bertz CT molecular complexity index is 523. The van der Waals surface area contributed by atoms with Gasteiger partial charge in [-0.15, -0.1) is 0 Å². The Morgan fingerprint density at radius 1 is 0.947 bits per heavy atom. The molecule has 2 aromatic rings. The molecule has 0 amide bonds. The molecule has 0 aliphatic rings. The molecule has 0 heterocycles. The van der Waals surface area contributed by atoms with E-state index in [4.69, 9.17) is 17.3 Å². The van der Waals surface area contributed by atoms with Crippen LogP contribution in [0.5, 0.6) is 0 Å². The molecule has 19 heavy (non-hydrogen) atoms. The molecule has 3 heteroatoms. The molecule has 0 aliphatic heterocycles. The molecule has 2 N–H and O–H groups in total. The third-order valence-electron chi connectivity index (χ3n) is 3.05. The fourth-order valence-electron chi connectivity index (χ4n) is 2.12. The first-order valence-electron chi connectivity index (χ1n) is 6.38. The summed E-state index contributed by atoms with van der Waals surface area (Å²) in [5.74, 6) is 0. The second-order valence-corrected chi connectivity index (χ2v) is 5.26. The van der Waals surface area contributed by atoms with Gasteiger partial charge in [0, 0.05) is 24.7 Å². The van der Waals surface area contributed by atoms with Crippen LogP contribution in [-0.4, -0.2) is 11.9 Å². The molecule has 0 spiro atoms. The number of nitrogens with two attached hydrogens (primary N) is 1. The van der Waals surface area contributed by atoms with Gasteiger partial charge >= 0.3 is 0 Å². The van der Waals surface area contributed by atoms with Gasteiger partial charge in [-0.05, 0) is 35.9 Å². The molecule has 2 nitrogen and oxygen atoms in total. The van der Waals surface area contributed by atoms with Gasteiger partial charge in [-0.1, -0.05) is 48.0 Å². The van der Waals surface area contributed by atoms with Gasteiger partial charge in [-0.3, -0.25) is 4.90 Å². The van der Waals surface area contributed by atoms with Crippen molar-refractivity contribution in [2.45, 2.75) is 19.6 Å². The number of benzene rings is 2. The maximum absolute atomic E-state index is 5.89. The number of nitrogens with zero attached hydrogens (tertiary/aromatic N) is 1. The number of rotatable bonds is 5. The first kappa shape index (κ1) is 14.1. The molecule has 0 radical (unpaired) electrons. The van der Waals surface area contributed by atoms with E-state index in [0.29, 0.717) is 6.54 Å². The molecule has 0 aliphatic carbocycles. The van der Waals surface area contributed by atoms with Gasteiger partial charge in [0.15, 0.2) is 0 Å². The Labute approximate surface area is 119 Å². The molecule has 2 aromatic carbocycles. The van der Waals surface area contributed by atoms with Crippen molar-refractivity contribution in [3.8, 4) is 0 Å². The highest BCUT2D eigenvalue weighted by atomic mass is 35.5. The van der Waals surface area contributed by atoms with E-state index in [2.05, 4.69) is 48.3 Å². The molecule has 0 saturated carbocycles. The SMILES string of the molecule is CN(Cc1ccc(Cl)cc1)Cc1cccc(CN)c1. The van der Waals surface area contributed by atoms with E-state index >= 15 is 0 Å². The maximum atomic E-state index is 5.89. The minimum Gasteiger partial charge on any atom is -0.326 e. The summed E-state index contributed by atoms with van der Waals surface area (Å²) in [5, 5.41) is 0.780. The Balaban J connectivity index is 1.96. The highest BCUT2D eigenvalue weighted by Gasteiger charge is 2.02. The minimum atomic E-state index is 0.592. The Hall–Kier alpha value is -1.35. The topological polar surface area (TPSA) is 29.3 Å². The summed E-state index contributed by atoms with van der Waals surface area (Å²) in [7, 11) is 2.11. The predicted molar refractivity (Wildman–Crippen MR) is 81.0 cm³/mol. The van der Waals surface area contributed by atoms with Crippen molar-refractivity contribution in [2.24, 2.45) is 5.73 Å². The summed E-state index contributed by atoms with van der Waals surface area (Å²) in [5.41, 5.74) is 9.40. The Kier molecular flexibility index (Phi) is 4.97. The second kappa shape index (κ2) is 6.71. The lowest BCUT2D eigenvalue weighted by atomic mass is 10.1. The third-order valence-corrected chi connectivity index (χ3v) is 3.30. The van der Waals surface area contributed by atoms with E-state index in [9.17, 15) is 0 Å². The lowest BCUT2D eigenvalue weighted by molar-refractivity contribution is 0.319. The van der Waals surface area contributed by atoms with Crippen molar-refractivity contribution in [3.63, 3.8) is 0 Å². The van der Waals surface area contributed by atoms with Crippen LogP contribution in [0.25, 0.3) is 0 Å². The molecule has 0 atom stereocenters. The Morgan fingerprint density at radius 3 is 2.26 bits per heavy atom. The summed E-state index contributed by atoms with van der Waals surface area (Å²) >= 11 is 5.89. The van der Waals surface area contributed by atoms with Crippen molar-refractivity contribution in [1.82, 2.24) is 4.90 Å². The second-order valence-electron chi connectivity index (χ2n) is 4.82. The average molecular weight is 275 g/mol. The van der Waals surface area contributed by atoms with Crippen LogP contribution < -0.4 is 5.73 Å². The summed E-state index contributed by atoms with van der Waals surface area (Å²) in [6.07, 6.45) is 0. The maximum Gasteiger partial charge on any atom is 0.0406 e. The lowest BCUT2D eigenvalue weighted by Crippen LogP contribution is -2.17. The smallest absolute Gasteiger partial charge is 0.0406 e. The average Bonchev–Trinajstić information content (AvgIpc) is 2.41. The van der Waals surface area contributed by atoms with Crippen LogP contribution >= 0.6 is 11.6 Å². The molecule has 0 unspecified atom stereocenters. The summed E-state index contributed by atoms with van der Waals surface area (Å²) in [4.78, 5) is 2.28. The molecule has 0 fully saturated rings. The van der Waals surface area contributed by atoms with E-state index in [0.717, 1.165) is 18.1 Å². The first-order valence-corrected chi connectivity index (χ1v) is 6.76. The van der Waals surface area contributed by atoms with Crippen molar-refractivity contribution < 1.29 is 0 Å². The van der Waals surface area contributed by atoms with Crippen LogP contribution in [0.1, 0.15) is 16.7 Å². The predicted octanol–water partition coefficient (Wildman–Crippen LogP) is 3.43. The monoisotopic (exact) mass is 274 g/mol. The number of hydrogen-bond acceptors (Lipinski definition) is 2. The standard InChI is InChI=1S/C16H19ClN2/c1-19(11-13-5-7-16(17)8-6-13)12-15-4-2-3-14(9-15)10-18/h2-9H,10-12,18H2,1H3. The molecular formula is C16H19ClN2. The fraction of sp³-hybridized carbons (Fsp3) is 0.250. The molecular weight excluding hydrogens is 256 g/mol. The van der Waals surface area contributed by atoms with Crippen LogP contribution in [0.2, 0.25) is 5.02 Å². The molecule has 0 aromatic heterocycles. The first-order chi connectivity index (χ1) is 9.17. The van der Waals surface area contributed by atoms with Crippen LogP contribution in [0.4, 0.5) is 0 Å². The zero-order valence-electron chi connectivity index (χ0n) is 11.1. The quantitative estimate of drug-likeness (QED) is 0.905. The van der Waals surface area contributed by atoms with Gasteiger partial charge < -0.3 is 5.73 Å². The van der Waals surface area contributed by atoms with E-state index in [1.165, 1.54) is 16.7 Å². The Morgan fingerprint density at radius 2 is 1.58 bits per heavy atom. The van der Waals surface area contributed by atoms with Crippen molar-refractivity contribution in [2.75, 3.05) is 7.05 Å². The molecule has 0 saturated heterocycles. The van der Waals surface area contributed by atoms with E-state index in [1.807, 2.05) is 12.1 Å². The van der Waals surface area contributed by atoms with Gasteiger partial charge in [0.2, 0.25) is 0 Å².